The van der Waals surface area contributed by atoms with Crippen molar-refractivity contribution in [3.8, 4) is 0 Å². The van der Waals surface area contributed by atoms with E-state index < -0.39 is 9.84 Å². The topological polar surface area (TPSA) is 47.0 Å². The number of hydrogen-bond donors (Lipinski definition) is 0. The Hall–Kier alpha value is -1.15. The molecule has 0 amide bonds. The Morgan fingerprint density at radius 3 is 2.41 bits per heavy atom. The lowest BCUT2D eigenvalue weighted by molar-refractivity contribution is 0.592. The molecule has 0 saturated carbocycles. The Labute approximate surface area is 109 Å². The minimum absolute atomic E-state index is 0.0902. The summed E-state index contributed by atoms with van der Waals surface area (Å²) in [5.41, 5.74) is 0.687. The lowest BCUT2D eigenvalue weighted by Gasteiger charge is -2.07. The fourth-order valence-corrected chi connectivity index (χ4v) is 3.56. The molecule has 17 heavy (non-hydrogen) atoms. The minimum Gasteiger partial charge on any atom is -0.241 e. The first-order valence-corrected chi connectivity index (χ1v) is 7.11. The van der Waals surface area contributed by atoms with Gasteiger partial charge in [-0.2, -0.15) is 0 Å². The van der Waals surface area contributed by atoms with Crippen LogP contribution >= 0.6 is 0 Å². The van der Waals surface area contributed by atoms with Gasteiger partial charge in [0.15, 0.2) is 21.3 Å². The van der Waals surface area contributed by atoms with Crippen LogP contribution in [0.2, 0.25) is 0 Å². The molecule has 1 aromatic heterocycles. The van der Waals surface area contributed by atoms with Crippen molar-refractivity contribution in [3.63, 3.8) is 0 Å². The molecule has 0 bridgehead atoms. The first-order chi connectivity index (χ1) is 8.01. The molecule has 84 valence electrons. The van der Waals surface area contributed by atoms with Gasteiger partial charge in [-0.1, -0.05) is 24.3 Å². The highest BCUT2D eigenvalue weighted by Gasteiger charge is 2.19. The molecule has 5 heteroatoms. The van der Waals surface area contributed by atoms with E-state index in [-0.39, 0.29) is 9.92 Å². The van der Waals surface area contributed by atoms with Gasteiger partial charge in [-0.3, -0.25) is 0 Å². The van der Waals surface area contributed by atoms with Gasteiger partial charge in [-0.15, -0.1) is 4.43 Å². The minimum atomic E-state index is -3.52. The summed E-state index contributed by atoms with van der Waals surface area (Å²) in [6.45, 7) is 1.77. The summed E-state index contributed by atoms with van der Waals surface area (Å²) in [7, 11) is -3.52. The third-order valence-electron chi connectivity index (χ3n) is 2.35. The maximum Gasteiger partial charge on any atom is 0.222 e. The van der Waals surface area contributed by atoms with E-state index in [1.807, 2.05) is 0 Å². The number of aromatic nitrogens is 1. The molecule has 3 nitrogen and oxygen atoms in total. The summed E-state index contributed by atoms with van der Waals surface area (Å²) in [4.78, 5) is 4.35. The summed E-state index contributed by atoms with van der Waals surface area (Å²) in [5, 5.41) is 0.0902. The van der Waals surface area contributed by atoms with E-state index >= 15 is 0 Å². The number of sulfone groups is 1. The molecule has 2 radical (unpaired) electrons. The van der Waals surface area contributed by atoms with Gasteiger partial charge in [0.1, 0.15) is 0 Å². The Morgan fingerprint density at radius 2 is 1.76 bits per heavy atom. The van der Waals surface area contributed by atoms with Crippen LogP contribution in [0.3, 0.4) is 0 Å². The van der Waals surface area contributed by atoms with E-state index in [1.165, 1.54) is 6.07 Å². The molecule has 0 unspecified atom stereocenters. The summed E-state index contributed by atoms with van der Waals surface area (Å²) in [5.74, 6) is 0. The summed E-state index contributed by atoms with van der Waals surface area (Å²) in [6.07, 6.45) is 0. The average molecular weight is 259 g/mol. The van der Waals surface area contributed by atoms with Gasteiger partial charge < -0.3 is 0 Å². The second-order valence-electron chi connectivity index (χ2n) is 3.66. The van der Waals surface area contributed by atoms with E-state index in [0.29, 0.717) is 10.1 Å². The van der Waals surface area contributed by atoms with Crippen molar-refractivity contribution in [3.05, 3.63) is 48.2 Å². The second kappa shape index (κ2) is 4.61. The van der Waals surface area contributed by atoms with Crippen LogP contribution in [0.4, 0.5) is 0 Å². The summed E-state index contributed by atoms with van der Waals surface area (Å²) >= 11 is 2.43. The maximum absolute atomic E-state index is 12.3. The summed E-state index contributed by atoms with van der Waals surface area (Å²) < 4.78 is 25.3. The molecule has 2 rings (SSSR count). The van der Waals surface area contributed by atoms with Gasteiger partial charge in [-0.25, -0.2) is 13.4 Å². The molecular weight excluding hydrogens is 249 g/mol. The van der Waals surface area contributed by atoms with Gasteiger partial charge in [0, 0.05) is 5.69 Å². The molecule has 0 spiro atoms. The zero-order chi connectivity index (χ0) is 12.5. The lowest BCUT2D eigenvalue weighted by Crippen LogP contribution is -2.16. The van der Waals surface area contributed by atoms with Gasteiger partial charge >= 0.3 is 0 Å². The normalized spacial score (nSPS) is 11.4. The Kier molecular flexibility index (Phi) is 3.34. The zero-order valence-electron chi connectivity index (χ0n) is 9.29. The molecule has 1 aromatic carbocycles. The predicted molar refractivity (Wildman–Crippen MR) is 66.3 cm³/mol. The Balaban J connectivity index is 2.63. The van der Waals surface area contributed by atoms with Crippen molar-refractivity contribution in [1.82, 2.24) is 4.98 Å². The first kappa shape index (κ1) is 12.3. The second-order valence-corrected chi connectivity index (χ2v) is 6.15. The third-order valence-corrected chi connectivity index (χ3v) is 4.79. The van der Waals surface area contributed by atoms with E-state index in [0.717, 1.165) is 0 Å². The van der Waals surface area contributed by atoms with Crippen LogP contribution in [-0.4, -0.2) is 29.7 Å². The van der Waals surface area contributed by atoms with Crippen molar-refractivity contribution in [2.75, 3.05) is 0 Å². The van der Waals surface area contributed by atoms with Crippen molar-refractivity contribution >= 4 is 30.6 Å². The first-order valence-electron chi connectivity index (χ1n) is 5.05. The molecule has 2 aromatic rings. The molecule has 0 saturated heterocycles. The number of hydrogen-bond acceptors (Lipinski definition) is 3. The molecular formula is C12H10AlNO2S. The fourth-order valence-electron chi connectivity index (χ4n) is 1.51. The highest BCUT2D eigenvalue weighted by Crippen LogP contribution is 2.16. The maximum atomic E-state index is 12.3. The van der Waals surface area contributed by atoms with Gasteiger partial charge in [-0.05, 0) is 25.1 Å². The quantitative estimate of drug-likeness (QED) is 0.756. The molecule has 0 N–H and O–H groups in total. The van der Waals surface area contributed by atoms with Crippen molar-refractivity contribution < 1.29 is 8.42 Å². The average Bonchev–Trinajstić information content (AvgIpc) is 2.29. The van der Waals surface area contributed by atoms with Crippen molar-refractivity contribution in [2.24, 2.45) is 0 Å². The van der Waals surface area contributed by atoms with E-state index in [1.54, 1.807) is 43.3 Å². The van der Waals surface area contributed by atoms with Crippen LogP contribution in [0, 0.1) is 6.92 Å². The number of rotatable bonds is 2. The van der Waals surface area contributed by atoms with Crippen LogP contribution in [0.15, 0.2) is 52.4 Å². The Morgan fingerprint density at radius 1 is 1.06 bits per heavy atom. The van der Waals surface area contributed by atoms with Gasteiger partial charge in [0.2, 0.25) is 9.84 Å². The zero-order valence-corrected chi connectivity index (χ0v) is 11.3. The van der Waals surface area contributed by atoms with Crippen molar-refractivity contribution in [1.29, 1.82) is 0 Å². The number of pyridine rings is 1. The fraction of sp³-hybridized carbons (Fsp3) is 0.0833. The highest BCUT2D eigenvalue weighted by molar-refractivity contribution is 7.91. The number of nitrogens with zero attached hydrogens (tertiary/aromatic N) is 1. The van der Waals surface area contributed by atoms with Gasteiger partial charge in [0.05, 0.1) is 4.90 Å². The highest BCUT2D eigenvalue weighted by atomic mass is 32.2. The lowest BCUT2D eigenvalue weighted by atomic mass is 10.4. The third kappa shape index (κ3) is 2.42. The smallest absolute Gasteiger partial charge is 0.222 e. The molecule has 0 fully saturated rings. The molecule has 0 aliphatic heterocycles. The van der Waals surface area contributed by atoms with Crippen LogP contribution in [0.1, 0.15) is 5.69 Å². The molecule has 0 aliphatic carbocycles. The molecule has 0 atom stereocenters. The largest absolute Gasteiger partial charge is 0.241 e. The van der Waals surface area contributed by atoms with Gasteiger partial charge in [0.25, 0.3) is 0 Å². The molecule has 1 heterocycles. The van der Waals surface area contributed by atoms with Crippen LogP contribution in [-0.2, 0) is 9.84 Å². The Bertz CT molecular complexity index is 653. The van der Waals surface area contributed by atoms with Crippen LogP contribution in [0.5, 0.6) is 0 Å². The van der Waals surface area contributed by atoms with Crippen molar-refractivity contribution in [2.45, 2.75) is 16.8 Å². The van der Waals surface area contributed by atoms with E-state index in [9.17, 15) is 8.42 Å². The van der Waals surface area contributed by atoms with Crippen LogP contribution < -0.4 is 4.43 Å². The predicted octanol–water partition coefficient (Wildman–Crippen LogP) is 1.02. The summed E-state index contributed by atoms with van der Waals surface area (Å²) in [6, 6.07) is 11.8. The molecule has 0 aliphatic rings. The van der Waals surface area contributed by atoms with Crippen LogP contribution in [0.25, 0.3) is 0 Å². The monoisotopic (exact) mass is 259 g/mol. The number of aryl methyl sites for hydroxylation is 1. The van der Waals surface area contributed by atoms with E-state index in [2.05, 4.69) is 21.3 Å². The SMILES string of the molecule is Cc1cccc(S(=O)(=O)c2cccc[c]2[Al])n1. The standard InChI is InChI=1S/C12H10NO2S.Al/c1-10-6-5-9-12(13-10)16(14,15)11-7-3-2-4-8-11;/h2-7,9H,1H3;. The number of benzene rings is 1. The van der Waals surface area contributed by atoms with E-state index in [4.69, 9.17) is 0 Å².